The summed E-state index contributed by atoms with van der Waals surface area (Å²) in [5, 5.41) is 9.83. The first kappa shape index (κ1) is 8.52. The number of hydrogen-bond donors (Lipinski definition) is 1. The summed E-state index contributed by atoms with van der Waals surface area (Å²) < 4.78 is 5.38. The maximum Gasteiger partial charge on any atom is 0.0941 e. The van der Waals surface area contributed by atoms with Gasteiger partial charge in [-0.25, -0.2) is 0 Å². The molecule has 70 valence electrons. The summed E-state index contributed by atoms with van der Waals surface area (Å²) in [6.45, 7) is 5.19. The fourth-order valence-electron chi connectivity index (χ4n) is 2.39. The Morgan fingerprint density at radius 3 is 2.58 bits per heavy atom. The first-order chi connectivity index (χ1) is 5.62. The van der Waals surface area contributed by atoms with Crippen LogP contribution >= 0.6 is 0 Å². The van der Waals surface area contributed by atoms with Crippen molar-refractivity contribution in [1.29, 1.82) is 0 Å². The van der Waals surface area contributed by atoms with E-state index < -0.39 is 0 Å². The van der Waals surface area contributed by atoms with E-state index in [9.17, 15) is 5.11 Å². The molecule has 1 saturated heterocycles. The van der Waals surface area contributed by atoms with Crippen molar-refractivity contribution in [2.75, 3.05) is 6.61 Å². The van der Waals surface area contributed by atoms with E-state index in [-0.39, 0.29) is 11.7 Å². The van der Waals surface area contributed by atoms with Gasteiger partial charge in [-0.3, -0.25) is 0 Å². The molecule has 0 amide bonds. The SMILES string of the molecule is CC1CCC([C@]2(C)CO2)[C@H](O)C1. The molecular weight excluding hydrogens is 152 g/mol. The molecule has 4 atom stereocenters. The Bertz CT molecular complexity index is 175. The van der Waals surface area contributed by atoms with E-state index in [1.165, 1.54) is 6.42 Å². The molecular formula is C10H18O2. The minimum Gasteiger partial charge on any atom is -0.393 e. The molecule has 0 aromatic carbocycles. The van der Waals surface area contributed by atoms with Crippen LogP contribution in [0, 0.1) is 11.8 Å². The van der Waals surface area contributed by atoms with Crippen LogP contribution in [0.1, 0.15) is 33.1 Å². The van der Waals surface area contributed by atoms with Crippen LogP contribution in [0.25, 0.3) is 0 Å². The monoisotopic (exact) mass is 170 g/mol. The molecule has 0 spiro atoms. The Morgan fingerprint density at radius 1 is 1.42 bits per heavy atom. The van der Waals surface area contributed by atoms with E-state index in [1.54, 1.807) is 0 Å². The fraction of sp³-hybridized carbons (Fsp3) is 1.00. The van der Waals surface area contributed by atoms with Gasteiger partial charge in [-0.15, -0.1) is 0 Å². The average molecular weight is 170 g/mol. The fourth-order valence-corrected chi connectivity index (χ4v) is 2.39. The van der Waals surface area contributed by atoms with Gasteiger partial charge in [-0.05, 0) is 25.7 Å². The zero-order valence-corrected chi connectivity index (χ0v) is 7.92. The van der Waals surface area contributed by atoms with Gasteiger partial charge in [0, 0.05) is 5.92 Å². The van der Waals surface area contributed by atoms with Crippen LogP contribution < -0.4 is 0 Å². The van der Waals surface area contributed by atoms with Crippen LogP contribution in [0.2, 0.25) is 0 Å². The molecule has 0 aromatic rings. The van der Waals surface area contributed by atoms with Gasteiger partial charge in [0.1, 0.15) is 0 Å². The van der Waals surface area contributed by atoms with Crippen molar-refractivity contribution >= 4 is 0 Å². The van der Waals surface area contributed by atoms with Gasteiger partial charge in [-0.2, -0.15) is 0 Å². The second kappa shape index (κ2) is 2.71. The third-order valence-electron chi connectivity index (χ3n) is 3.46. The van der Waals surface area contributed by atoms with Crippen molar-refractivity contribution in [2.24, 2.45) is 11.8 Å². The van der Waals surface area contributed by atoms with Crippen LogP contribution in [-0.2, 0) is 4.74 Å². The molecule has 2 heteroatoms. The quantitative estimate of drug-likeness (QED) is 0.606. The lowest BCUT2D eigenvalue weighted by Crippen LogP contribution is -2.37. The standard InChI is InChI=1S/C10H18O2/c1-7-3-4-8(9(11)5-7)10(2)6-12-10/h7-9,11H,3-6H2,1-2H3/t7?,8?,9-,10+/m1/s1. The van der Waals surface area contributed by atoms with Crippen molar-refractivity contribution in [1.82, 2.24) is 0 Å². The third-order valence-corrected chi connectivity index (χ3v) is 3.46. The highest BCUT2D eigenvalue weighted by Gasteiger charge is 2.50. The number of rotatable bonds is 1. The van der Waals surface area contributed by atoms with Gasteiger partial charge < -0.3 is 9.84 Å². The summed E-state index contributed by atoms with van der Waals surface area (Å²) in [6, 6.07) is 0. The first-order valence-corrected chi connectivity index (χ1v) is 4.94. The topological polar surface area (TPSA) is 32.8 Å². The summed E-state index contributed by atoms with van der Waals surface area (Å²) in [5.41, 5.74) is 0.0273. The van der Waals surface area contributed by atoms with Gasteiger partial charge in [0.15, 0.2) is 0 Å². The lowest BCUT2D eigenvalue weighted by atomic mass is 9.75. The highest BCUT2D eigenvalue weighted by molar-refractivity contribution is 4.99. The van der Waals surface area contributed by atoms with Crippen LogP contribution in [0.4, 0.5) is 0 Å². The lowest BCUT2D eigenvalue weighted by molar-refractivity contribution is 0.0103. The molecule has 2 nitrogen and oxygen atoms in total. The Hall–Kier alpha value is -0.0800. The van der Waals surface area contributed by atoms with Crippen molar-refractivity contribution in [3.63, 3.8) is 0 Å². The van der Waals surface area contributed by atoms with Crippen LogP contribution in [0.5, 0.6) is 0 Å². The smallest absolute Gasteiger partial charge is 0.0941 e. The Labute approximate surface area is 73.9 Å². The second-order valence-corrected chi connectivity index (χ2v) is 4.69. The Kier molecular flexibility index (Phi) is 1.92. The summed E-state index contributed by atoms with van der Waals surface area (Å²) in [7, 11) is 0. The first-order valence-electron chi connectivity index (χ1n) is 4.94. The summed E-state index contributed by atoms with van der Waals surface area (Å²) in [4.78, 5) is 0. The molecule has 0 aromatic heterocycles. The molecule has 1 saturated carbocycles. The number of epoxide rings is 1. The van der Waals surface area contributed by atoms with Gasteiger partial charge in [0.25, 0.3) is 0 Å². The molecule has 1 N–H and O–H groups in total. The minimum atomic E-state index is -0.124. The molecule has 1 aliphatic heterocycles. The highest BCUT2D eigenvalue weighted by atomic mass is 16.6. The largest absolute Gasteiger partial charge is 0.393 e. The number of hydrogen-bond acceptors (Lipinski definition) is 2. The van der Waals surface area contributed by atoms with Gasteiger partial charge in [0.05, 0.1) is 18.3 Å². The maximum atomic E-state index is 9.83. The van der Waals surface area contributed by atoms with Crippen molar-refractivity contribution in [2.45, 2.75) is 44.8 Å². The van der Waals surface area contributed by atoms with E-state index in [2.05, 4.69) is 13.8 Å². The molecule has 1 heterocycles. The minimum absolute atomic E-state index is 0.0273. The summed E-state index contributed by atoms with van der Waals surface area (Å²) in [5.74, 6) is 1.09. The van der Waals surface area contributed by atoms with E-state index in [4.69, 9.17) is 4.74 Å². The lowest BCUT2D eigenvalue weighted by Gasteiger charge is -2.33. The average Bonchev–Trinajstić information content (AvgIpc) is 2.68. The molecule has 2 fully saturated rings. The molecule has 2 rings (SSSR count). The van der Waals surface area contributed by atoms with E-state index in [0.29, 0.717) is 11.8 Å². The predicted octanol–water partition coefficient (Wildman–Crippen LogP) is 1.57. The number of ether oxygens (including phenoxy) is 1. The van der Waals surface area contributed by atoms with Crippen molar-refractivity contribution < 1.29 is 9.84 Å². The van der Waals surface area contributed by atoms with Crippen LogP contribution in [0.15, 0.2) is 0 Å². The van der Waals surface area contributed by atoms with Crippen LogP contribution in [-0.4, -0.2) is 23.4 Å². The van der Waals surface area contributed by atoms with Gasteiger partial charge in [-0.1, -0.05) is 13.3 Å². The zero-order chi connectivity index (χ0) is 8.77. The molecule has 1 aliphatic carbocycles. The van der Waals surface area contributed by atoms with E-state index in [0.717, 1.165) is 19.4 Å². The van der Waals surface area contributed by atoms with Crippen LogP contribution in [0.3, 0.4) is 0 Å². The Morgan fingerprint density at radius 2 is 2.08 bits per heavy atom. The highest BCUT2D eigenvalue weighted by Crippen LogP contribution is 2.44. The summed E-state index contributed by atoms with van der Waals surface area (Å²) >= 11 is 0. The predicted molar refractivity (Wildman–Crippen MR) is 46.9 cm³/mol. The molecule has 12 heavy (non-hydrogen) atoms. The molecule has 2 aliphatic rings. The normalized spacial score (nSPS) is 53.8. The third kappa shape index (κ3) is 1.38. The van der Waals surface area contributed by atoms with Gasteiger partial charge in [0.2, 0.25) is 0 Å². The maximum absolute atomic E-state index is 9.83. The summed E-state index contributed by atoms with van der Waals surface area (Å²) in [6.07, 6.45) is 3.23. The van der Waals surface area contributed by atoms with Crippen molar-refractivity contribution in [3.8, 4) is 0 Å². The van der Waals surface area contributed by atoms with Crippen molar-refractivity contribution in [3.05, 3.63) is 0 Å². The van der Waals surface area contributed by atoms with E-state index in [1.807, 2.05) is 0 Å². The number of aliphatic hydroxyl groups is 1. The number of aliphatic hydroxyl groups excluding tert-OH is 1. The molecule has 2 unspecified atom stereocenters. The Balaban J connectivity index is 1.98. The molecule has 0 bridgehead atoms. The zero-order valence-electron chi connectivity index (χ0n) is 7.92. The van der Waals surface area contributed by atoms with Gasteiger partial charge >= 0.3 is 0 Å². The second-order valence-electron chi connectivity index (χ2n) is 4.69. The molecule has 0 radical (unpaired) electrons. The van der Waals surface area contributed by atoms with E-state index >= 15 is 0 Å².